The van der Waals surface area contributed by atoms with Gasteiger partial charge < -0.3 is 9.73 Å². The van der Waals surface area contributed by atoms with Gasteiger partial charge in [0, 0.05) is 19.8 Å². The molecule has 114 valence electrons. The van der Waals surface area contributed by atoms with Crippen molar-refractivity contribution in [3.63, 3.8) is 0 Å². The molecule has 0 amide bonds. The van der Waals surface area contributed by atoms with Gasteiger partial charge in [-0.2, -0.15) is 0 Å². The topological polar surface area (TPSA) is 62.6 Å². The second-order valence-corrected chi connectivity index (χ2v) is 8.23. The number of anilines is 1. The quantitative estimate of drug-likeness (QED) is 0.775. The molecule has 1 aromatic heterocycles. The molecular formula is C13H14Br2N2O3S. The van der Waals surface area contributed by atoms with Crippen LogP contribution < -0.4 is 5.32 Å². The molecule has 0 fully saturated rings. The van der Waals surface area contributed by atoms with Gasteiger partial charge in [0.05, 0.1) is 15.9 Å². The van der Waals surface area contributed by atoms with Crippen LogP contribution in [-0.2, 0) is 16.6 Å². The molecule has 0 aliphatic heterocycles. The zero-order valence-electron chi connectivity index (χ0n) is 11.4. The Morgan fingerprint density at radius 3 is 2.29 bits per heavy atom. The SMILES string of the molecule is CN(C)S(=O)(=O)c1ccc(NCc2cc(Br)c(Br)o2)cc1. The summed E-state index contributed by atoms with van der Waals surface area (Å²) in [6.07, 6.45) is 0. The fourth-order valence-corrected chi connectivity index (χ4v) is 3.18. The van der Waals surface area contributed by atoms with Crippen molar-refractivity contribution in [3.8, 4) is 0 Å². The normalized spacial score (nSPS) is 11.9. The molecule has 0 aliphatic carbocycles. The van der Waals surface area contributed by atoms with Crippen molar-refractivity contribution in [2.75, 3.05) is 19.4 Å². The number of hydrogen-bond donors (Lipinski definition) is 1. The van der Waals surface area contributed by atoms with E-state index >= 15 is 0 Å². The van der Waals surface area contributed by atoms with E-state index in [-0.39, 0.29) is 4.90 Å². The predicted octanol–water partition coefficient (Wildman–Crippen LogP) is 3.67. The van der Waals surface area contributed by atoms with Gasteiger partial charge in [0.25, 0.3) is 0 Å². The fourth-order valence-electron chi connectivity index (χ4n) is 1.62. The van der Waals surface area contributed by atoms with E-state index in [0.717, 1.165) is 15.9 Å². The lowest BCUT2D eigenvalue weighted by molar-refractivity contribution is 0.494. The average Bonchev–Trinajstić information content (AvgIpc) is 2.76. The van der Waals surface area contributed by atoms with E-state index in [4.69, 9.17) is 4.42 Å². The summed E-state index contributed by atoms with van der Waals surface area (Å²) in [5, 5.41) is 3.17. The molecule has 2 rings (SSSR count). The molecule has 0 spiro atoms. The van der Waals surface area contributed by atoms with E-state index < -0.39 is 10.0 Å². The van der Waals surface area contributed by atoms with E-state index in [1.807, 2.05) is 6.07 Å². The highest BCUT2D eigenvalue weighted by molar-refractivity contribution is 9.13. The van der Waals surface area contributed by atoms with Crippen molar-refractivity contribution in [3.05, 3.63) is 45.2 Å². The maximum Gasteiger partial charge on any atom is 0.242 e. The van der Waals surface area contributed by atoms with Crippen molar-refractivity contribution >= 4 is 47.6 Å². The number of sulfonamides is 1. The minimum atomic E-state index is -3.39. The molecule has 0 unspecified atom stereocenters. The second-order valence-electron chi connectivity index (χ2n) is 4.50. The van der Waals surface area contributed by atoms with Crippen LogP contribution in [0, 0.1) is 0 Å². The van der Waals surface area contributed by atoms with Crippen LogP contribution in [0.1, 0.15) is 5.76 Å². The Morgan fingerprint density at radius 2 is 1.81 bits per heavy atom. The molecule has 21 heavy (non-hydrogen) atoms. The second kappa shape index (κ2) is 6.51. The molecule has 0 saturated heterocycles. The van der Waals surface area contributed by atoms with Crippen molar-refractivity contribution < 1.29 is 12.8 Å². The summed E-state index contributed by atoms with van der Waals surface area (Å²) >= 11 is 6.62. The molecule has 5 nitrogen and oxygen atoms in total. The summed E-state index contributed by atoms with van der Waals surface area (Å²) in [5.41, 5.74) is 0.816. The van der Waals surface area contributed by atoms with Gasteiger partial charge in [-0.25, -0.2) is 12.7 Å². The Hall–Kier alpha value is -0.830. The number of benzene rings is 1. The summed E-state index contributed by atoms with van der Waals surface area (Å²) in [6.45, 7) is 0.504. The lowest BCUT2D eigenvalue weighted by Gasteiger charge is -2.12. The predicted molar refractivity (Wildman–Crippen MR) is 88.7 cm³/mol. The van der Waals surface area contributed by atoms with Gasteiger partial charge in [0.1, 0.15) is 5.76 Å². The number of hydrogen-bond acceptors (Lipinski definition) is 4. The highest BCUT2D eigenvalue weighted by Gasteiger charge is 2.16. The highest BCUT2D eigenvalue weighted by Crippen LogP contribution is 2.27. The third kappa shape index (κ3) is 3.88. The van der Waals surface area contributed by atoms with Crippen molar-refractivity contribution in [2.45, 2.75) is 11.4 Å². The van der Waals surface area contributed by atoms with Gasteiger partial charge >= 0.3 is 0 Å². The first-order valence-corrected chi connectivity index (χ1v) is 9.03. The molecule has 0 atom stereocenters. The summed E-state index contributed by atoms with van der Waals surface area (Å²) in [6, 6.07) is 8.46. The van der Waals surface area contributed by atoms with E-state index in [1.165, 1.54) is 18.4 Å². The lowest BCUT2D eigenvalue weighted by atomic mass is 10.3. The monoisotopic (exact) mass is 436 g/mol. The maximum atomic E-state index is 11.9. The smallest absolute Gasteiger partial charge is 0.242 e. The minimum Gasteiger partial charge on any atom is -0.451 e. The Kier molecular flexibility index (Phi) is 5.13. The number of rotatable bonds is 5. The summed E-state index contributed by atoms with van der Waals surface area (Å²) < 4.78 is 32.0. The Labute approximate surface area is 140 Å². The van der Waals surface area contributed by atoms with Crippen LogP contribution in [0.3, 0.4) is 0 Å². The Bertz CT molecular complexity index is 705. The fraction of sp³-hybridized carbons (Fsp3) is 0.231. The Balaban J connectivity index is 2.06. The first-order chi connectivity index (χ1) is 9.80. The highest BCUT2D eigenvalue weighted by atomic mass is 79.9. The number of nitrogens with zero attached hydrogens (tertiary/aromatic N) is 1. The molecule has 0 radical (unpaired) electrons. The molecule has 0 aliphatic rings. The van der Waals surface area contributed by atoms with Gasteiger partial charge in [-0.1, -0.05) is 0 Å². The summed E-state index contributed by atoms with van der Waals surface area (Å²) in [5.74, 6) is 0.763. The Morgan fingerprint density at radius 1 is 1.19 bits per heavy atom. The zero-order valence-corrected chi connectivity index (χ0v) is 15.4. The number of halogens is 2. The van der Waals surface area contributed by atoms with Crippen LogP contribution in [0.4, 0.5) is 5.69 Å². The number of furan rings is 1. The van der Waals surface area contributed by atoms with Crippen LogP contribution in [0.25, 0.3) is 0 Å². The maximum absolute atomic E-state index is 11.9. The summed E-state index contributed by atoms with van der Waals surface area (Å²) in [4.78, 5) is 0.265. The van der Waals surface area contributed by atoms with Crippen LogP contribution in [0.2, 0.25) is 0 Å². The first-order valence-electron chi connectivity index (χ1n) is 6.01. The third-order valence-electron chi connectivity index (χ3n) is 2.80. The summed E-state index contributed by atoms with van der Waals surface area (Å²) in [7, 11) is -0.372. The first kappa shape index (κ1) is 16.5. The van der Waals surface area contributed by atoms with Gasteiger partial charge in [-0.15, -0.1) is 0 Å². The van der Waals surface area contributed by atoms with E-state index in [0.29, 0.717) is 11.2 Å². The van der Waals surface area contributed by atoms with Crippen molar-refractivity contribution in [2.24, 2.45) is 0 Å². The molecule has 0 saturated carbocycles. The van der Waals surface area contributed by atoms with Crippen molar-refractivity contribution in [1.82, 2.24) is 4.31 Å². The molecule has 1 aromatic carbocycles. The number of nitrogens with one attached hydrogen (secondary N) is 1. The van der Waals surface area contributed by atoms with Crippen LogP contribution >= 0.6 is 31.9 Å². The molecule has 1 N–H and O–H groups in total. The van der Waals surface area contributed by atoms with Crippen LogP contribution in [0.5, 0.6) is 0 Å². The lowest BCUT2D eigenvalue weighted by Crippen LogP contribution is -2.22. The van der Waals surface area contributed by atoms with Crippen molar-refractivity contribution in [1.29, 1.82) is 0 Å². The molecule has 0 bridgehead atoms. The standard InChI is InChI=1S/C13H14Br2N2O3S/c1-17(2)21(18,19)11-5-3-9(4-6-11)16-8-10-7-12(14)13(15)20-10/h3-7,16H,8H2,1-2H3. The average molecular weight is 438 g/mol. The van der Waals surface area contributed by atoms with E-state index in [1.54, 1.807) is 24.3 Å². The van der Waals surface area contributed by atoms with Crippen LogP contribution in [0.15, 0.2) is 48.8 Å². The largest absolute Gasteiger partial charge is 0.451 e. The molecule has 8 heteroatoms. The minimum absolute atomic E-state index is 0.265. The zero-order chi connectivity index (χ0) is 15.6. The molecule has 1 heterocycles. The molecule has 2 aromatic rings. The van der Waals surface area contributed by atoms with Gasteiger partial charge in [-0.05, 0) is 62.2 Å². The molecular weight excluding hydrogens is 424 g/mol. The van der Waals surface area contributed by atoms with Gasteiger partial charge in [0.2, 0.25) is 10.0 Å². The van der Waals surface area contributed by atoms with E-state index in [2.05, 4.69) is 37.2 Å². The van der Waals surface area contributed by atoms with Crippen LogP contribution in [-0.4, -0.2) is 26.8 Å². The van der Waals surface area contributed by atoms with Gasteiger partial charge in [-0.3, -0.25) is 0 Å². The third-order valence-corrected chi connectivity index (χ3v) is 6.34. The van der Waals surface area contributed by atoms with Gasteiger partial charge in [0.15, 0.2) is 4.67 Å². The van der Waals surface area contributed by atoms with E-state index in [9.17, 15) is 8.42 Å².